The summed E-state index contributed by atoms with van der Waals surface area (Å²) in [6.45, 7) is 4.60. The number of aromatic hydroxyl groups is 1. The van der Waals surface area contributed by atoms with Gasteiger partial charge in [-0.3, -0.25) is 19.3 Å². The van der Waals surface area contributed by atoms with Gasteiger partial charge in [0.05, 0.1) is 21.7 Å². The zero-order chi connectivity index (χ0) is 27.1. The van der Waals surface area contributed by atoms with E-state index in [0.29, 0.717) is 35.4 Å². The number of fused-ring (bicyclic) bond motifs is 4. The molecule has 6 nitrogen and oxygen atoms in total. The molecule has 1 amide bonds. The maximum Gasteiger partial charge on any atom is 0.278 e. The van der Waals surface area contributed by atoms with Crippen LogP contribution in [-0.4, -0.2) is 49.0 Å². The van der Waals surface area contributed by atoms with Crippen molar-refractivity contribution in [2.45, 2.75) is 48.3 Å². The van der Waals surface area contributed by atoms with E-state index >= 15 is 4.39 Å². The number of benzene rings is 2. The molecule has 0 unspecified atom stereocenters. The molecule has 38 heavy (non-hydrogen) atoms. The second-order valence-electron chi connectivity index (χ2n) is 10.9. The van der Waals surface area contributed by atoms with Gasteiger partial charge in [0.25, 0.3) is 5.91 Å². The summed E-state index contributed by atoms with van der Waals surface area (Å²) in [5.74, 6) is -3.36. The van der Waals surface area contributed by atoms with Gasteiger partial charge in [-0.05, 0) is 51.6 Å². The van der Waals surface area contributed by atoms with Gasteiger partial charge in [0.15, 0.2) is 23.1 Å². The van der Waals surface area contributed by atoms with E-state index in [1.807, 2.05) is 23.2 Å². The molecular weight excluding hydrogens is 506 g/mol. The third-order valence-corrected chi connectivity index (χ3v) is 8.90. The molecule has 1 aromatic heterocycles. The number of amides is 1. The Labute approximate surface area is 225 Å². The summed E-state index contributed by atoms with van der Waals surface area (Å²) in [6, 6.07) is 10.2. The summed E-state index contributed by atoms with van der Waals surface area (Å²) in [5.41, 5.74) is -0.168. The number of hydrogen-bond donors (Lipinski definition) is 1. The fraction of sp³-hybridized carbons (Fsp3) is 0.333. The molecule has 1 N–H and O–H groups in total. The minimum absolute atomic E-state index is 0.153. The van der Waals surface area contributed by atoms with E-state index in [0.717, 1.165) is 17.8 Å². The van der Waals surface area contributed by atoms with Crippen LogP contribution in [0.5, 0.6) is 5.75 Å². The summed E-state index contributed by atoms with van der Waals surface area (Å²) in [6.07, 6.45) is 2.16. The first-order valence-electron chi connectivity index (χ1n) is 12.3. The minimum Gasteiger partial charge on any atom is -0.502 e. The first-order chi connectivity index (χ1) is 17.9. The van der Waals surface area contributed by atoms with Crippen LogP contribution < -0.4 is 10.4 Å². The summed E-state index contributed by atoms with van der Waals surface area (Å²) in [4.78, 5) is 28.4. The van der Waals surface area contributed by atoms with Gasteiger partial charge in [0.2, 0.25) is 5.43 Å². The van der Waals surface area contributed by atoms with Gasteiger partial charge >= 0.3 is 0 Å². The molecule has 4 radical (unpaired) electrons. The van der Waals surface area contributed by atoms with E-state index < -0.39 is 45.5 Å². The number of halogens is 2. The largest absolute Gasteiger partial charge is 0.502 e. The van der Waals surface area contributed by atoms with E-state index in [1.165, 1.54) is 23.0 Å². The topological polar surface area (TPSA) is 65.8 Å². The Morgan fingerprint density at radius 1 is 1.05 bits per heavy atom. The first-order valence-corrected chi connectivity index (χ1v) is 13.1. The molecule has 3 aliphatic heterocycles. The van der Waals surface area contributed by atoms with Crippen molar-refractivity contribution in [1.82, 2.24) is 9.58 Å². The lowest BCUT2D eigenvalue weighted by atomic mass is 9.63. The minimum atomic E-state index is -1.81. The van der Waals surface area contributed by atoms with Gasteiger partial charge in [-0.15, -0.1) is 11.8 Å². The van der Waals surface area contributed by atoms with Crippen molar-refractivity contribution in [3.63, 3.8) is 0 Å². The van der Waals surface area contributed by atoms with E-state index in [2.05, 4.69) is 13.8 Å². The average Bonchev–Trinajstić information content (AvgIpc) is 2.94. The molecule has 2 atom stereocenters. The number of pyridine rings is 1. The monoisotopic (exact) mass is 529 g/mol. The molecule has 0 saturated carbocycles. The van der Waals surface area contributed by atoms with Gasteiger partial charge in [0, 0.05) is 23.7 Å². The summed E-state index contributed by atoms with van der Waals surface area (Å²) in [7, 11) is 12.9. The van der Waals surface area contributed by atoms with Crippen LogP contribution in [0.4, 0.5) is 8.78 Å². The van der Waals surface area contributed by atoms with Crippen molar-refractivity contribution in [2.24, 2.45) is 5.41 Å². The molecule has 2 aromatic carbocycles. The van der Waals surface area contributed by atoms with Crippen molar-refractivity contribution >= 4 is 33.4 Å². The maximum absolute atomic E-state index is 15.5. The van der Waals surface area contributed by atoms with Crippen molar-refractivity contribution < 1.29 is 18.7 Å². The Balaban J connectivity index is 1.71. The number of piperidine rings is 1. The molecule has 11 heteroatoms. The zero-order valence-corrected chi connectivity index (χ0v) is 21.6. The molecule has 1 saturated heterocycles. The van der Waals surface area contributed by atoms with Crippen LogP contribution in [0.25, 0.3) is 0 Å². The van der Waals surface area contributed by atoms with Crippen molar-refractivity contribution in [1.29, 1.82) is 0 Å². The summed E-state index contributed by atoms with van der Waals surface area (Å²) >= 11 is 1.02. The molecule has 190 valence electrons. The Hall–Kier alpha value is -3.20. The number of thioether (sulfide) groups is 1. The predicted octanol–water partition coefficient (Wildman–Crippen LogP) is 3.71. The lowest BCUT2D eigenvalue weighted by Gasteiger charge is -2.54. The van der Waals surface area contributed by atoms with Gasteiger partial charge in [-0.1, -0.05) is 38.1 Å². The Bertz CT molecular complexity index is 1560. The SMILES string of the molecule is [B]C1([B])Sc2ccccc2[C@@H](N2[C@@H]3CC(C)(C)CCN3C(=O)c3c(O)c(=O)ccn32)c2ccc(F)c(F)c21. The lowest BCUT2D eigenvalue weighted by Crippen LogP contribution is -2.65. The fourth-order valence-electron chi connectivity index (χ4n) is 5.91. The lowest BCUT2D eigenvalue weighted by molar-refractivity contribution is 0.0244. The normalized spacial score (nSPS) is 23.1. The smallest absolute Gasteiger partial charge is 0.278 e. The number of nitrogens with zero attached hydrogens (tertiary/aromatic N) is 3. The number of aromatic nitrogens is 1. The summed E-state index contributed by atoms with van der Waals surface area (Å²) in [5, 5.41) is 12.6. The van der Waals surface area contributed by atoms with Crippen LogP contribution in [0.3, 0.4) is 0 Å². The third kappa shape index (κ3) is 3.61. The highest BCUT2D eigenvalue weighted by molar-refractivity contribution is 8.02. The number of carbonyl (C=O) groups excluding carboxylic acids is 1. The van der Waals surface area contributed by atoms with E-state index in [-0.39, 0.29) is 16.7 Å². The second kappa shape index (κ2) is 8.40. The third-order valence-electron chi connectivity index (χ3n) is 7.77. The van der Waals surface area contributed by atoms with Crippen molar-refractivity contribution in [3.8, 4) is 5.75 Å². The van der Waals surface area contributed by atoms with Crippen LogP contribution in [0.1, 0.15) is 59.9 Å². The molecular formula is C27H23B2F2N3O3S. The predicted molar refractivity (Wildman–Crippen MR) is 142 cm³/mol. The highest BCUT2D eigenvalue weighted by atomic mass is 32.2. The van der Waals surface area contributed by atoms with Gasteiger partial charge in [0.1, 0.15) is 6.17 Å². The maximum atomic E-state index is 15.5. The van der Waals surface area contributed by atoms with Crippen molar-refractivity contribution in [2.75, 3.05) is 11.6 Å². The van der Waals surface area contributed by atoms with Crippen molar-refractivity contribution in [3.05, 3.63) is 92.9 Å². The fourth-order valence-corrected chi connectivity index (χ4v) is 7.03. The highest BCUT2D eigenvalue weighted by Crippen LogP contribution is 2.51. The number of carbonyl (C=O) groups is 1. The van der Waals surface area contributed by atoms with E-state index in [4.69, 9.17) is 15.7 Å². The molecule has 3 aliphatic rings. The standard InChI is InChI=1S/C27H23B2F2N3O3S/c1-26(2)10-12-32-19(13-26)34(33-11-9-17(35)24(36)23(33)25(32)37)22-14-5-3-4-6-18(14)38-27(28,29)20-15(22)7-8-16(30)21(20)31/h3-9,11,19,22,36H,10,12-13H2,1-2H3/t19-,22-/m1/s1. The number of hydrogen-bond acceptors (Lipinski definition) is 5. The Morgan fingerprint density at radius 3 is 2.55 bits per heavy atom. The highest BCUT2D eigenvalue weighted by Gasteiger charge is 2.49. The molecule has 1 fully saturated rings. The zero-order valence-electron chi connectivity index (χ0n) is 20.8. The van der Waals surface area contributed by atoms with Crippen LogP contribution in [0.2, 0.25) is 0 Å². The summed E-state index contributed by atoms with van der Waals surface area (Å²) < 4.78 is 29.8. The van der Waals surface area contributed by atoms with E-state index in [1.54, 1.807) is 11.0 Å². The van der Waals surface area contributed by atoms with E-state index in [9.17, 15) is 19.1 Å². The van der Waals surface area contributed by atoms with Crippen LogP contribution >= 0.6 is 11.8 Å². The first kappa shape index (κ1) is 25.1. The van der Waals surface area contributed by atoms with Crippen LogP contribution in [0.15, 0.2) is 58.4 Å². The van der Waals surface area contributed by atoms with Gasteiger partial charge in [-0.25, -0.2) is 8.78 Å². The number of rotatable bonds is 1. The quantitative estimate of drug-likeness (QED) is 0.488. The molecule has 0 bridgehead atoms. The average molecular weight is 529 g/mol. The van der Waals surface area contributed by atoms with Crippen LogP contribution in [0, 0.1) is 17.0 Å². The molecule has 0 spiro atoms. The molecule has 3 aromatic rings. The Morgan fingerprint density at radius 2 is 1.79 bits per heavy atom. The Kier molecular flexibility index (Phi) is 5.55. The molecule has 6 rings (SSSR count). The van der Waals surface area contributed by atoms with Gasteiger partial charge < -0.3 is 10.0 Å². The molecule has 4 heterocycles. The van der Waals surface area contributed by atoms with Gasteiger partial charge in [-0.2, -0.15) is 0 Å². The molecule has 0 aliphatic carbocycles. The van der Waals surface area contributed by atoms with Crippen LogP contribution in [-0.2, 0) is 4.55 Å². The second-order valence-corrected chi connectivity index (χ2v) is 12.2.